The van der Waals surface area contributed by atoms with Gasteiger partial charge in [-0.2, -0.15) is 18.3 Å². The maximum atomic E-state index is 12.1. The second-order valence-corrected chi connectivity index (χ2v) is 5.09. The van der Waals surface area contributed by atoms with Crippen LogP contribution in [0.5, 0.6) is 0 Å². The van der Waals surface area contributed by atoms with E-state index in [1.807, 2.05) is 5.32 Å². The van der Waals surface area contributed by atoms with Gasteiger partial charge in [0.15, 0.2) is 0 Å². The first-order chi connectivity index (χ1) is 11.2. The number of nitrogens with two attached hydrogens (primary N) is 1. The summed E-state index contributed by atoms with van der Waals surface area (Å²) in [6.45, 7) is -1.07. The molecule has 0 aliphatic heterocycles. The summed E-state index contributed by atoms with van der Waals surface area (Å²) in [4.78, 5) is 22.5. The van der Waals surface area contributed by atoms with E-state index in [-0.39, 0.29) is 12.0 Å². The molecule has 1 aromatic carbocycles. The van der Waals surface area contributed by atoms with Crippen molar-refractivity contribution in [2.75, 3.05) is 6.54 Å². The monoisotopic (exact) mass is 340 g/mol. The zero-order valence-electron chi connectivity index (χ0n) is 12.5. The summed E-state index contributed by atoms with van der Waals surface area (Å²) in [6, 6.07) is 6.17. The number of aromatic nitrogens is 2. The fourth-order valence-electron chi connectivity index (χ4n) is 1.98. The molecule has 0 aliphatic carbocycles. The summed E-state index contributed by atoms with van der Waals surface area (Å²) in [7, 11) is 0. The van der Waals surface area contributed by atoms with Gasteiger partial charge in [0.25, 0.3) is 5.91 Å². The van der Waals surface area contributed by atoms with Crippen molar-refractivity contribution in [3.8, 4) is 11.1 Å². The van der Waals surface area contributed by atoms with Crippen LogP contribution in [0, 0.1) is 0 Å². The van der Waals surface area contributed by atoms with Crippen molar-refractivity contribution < 1.29 is 22.8 Å². The summed E-state index contributed by atoms with van der Waals surface area (Å²) in [6.07, 6.45) is -1.13. The number of benzene rings is 1. The molecule has 0 saturated carbocycles. The van der Waals surface area contributed by atoms with Gasteiger partial charge in [-0.15, -0.1) is 0 Å². The van der Waals surface area contributed by atoms with Crippen LogP contribution in [-0.2, 0) is 11.3 Å². The van der Waals surface area contributed by atoms with Crippen molar-refractivity contribution in [3.63, 3.8) is 0 Å². The molecule has 6 nitrogen and oxygen atoms in total. The fraction of sp³-hybridized carbons (Fsp3) is 0.267. The summed E-state index contributed by atoms with van der Waals surface area (Å²) >= 11 is 0. The lowest BCUT2D eigenvalue weighted by molar-refractivity contribution is -0.123. The Labute approximate surface area is 135 Å². The Morgan fingerprint density at radius 1 is 1.25 bits per heavy atom. The van der Waals surface area contributed by atoms with Crippen LogP contribution in [0.4, 0.5) is 13.2 Å². The number of hydrogen-bond acceptors (Lipinski definition) is 3. The van der Waals surface area contributed by atoms with Crippen LogP contribution >= 0.6 is 0 Å². The van der Waals surface area contributed by atoms with Crippen LogP contribution in [-0.4, -0.2) is 34.3 Å². The first-order valence-corrected chi connectivity index (χ1v) is 7.01. The van der Waals surface area contributed by atoms with Gasteiger partial charge < -0.3 is 11.1 Å². The number of nitrogens with zero attached hydrogens (tertiary/aromatic N) is 2. The van der Waals surface area contributed by atoms with Crippen molar-refractivity contribution >= 4 is 11.8 Å². The van der Waals surface area contributed by atoms with E-state index in [2.05, 4.69) is 5.10 Å². The number of rotatable bonds is 6. The quantitative estimate of drug-likeness (QED) is 0.839. The van der Waals surface area contributed by atoms with E-state index < -0.39 is 24.5 Å². The second kappa shape index (κ2) is 7.16. The highest BCUT2D eigenvalue weighted by molar-refractivity contribution is 5.95. The standard InChI is InChI=1S/C15H15F3N4O2/c16-15(17,18)9-20-14(24)11-3-1-2-10(6-11)12-7-21-22(8-12)5-4-13(19)23/h1-3,6-8H,4-5,9H2,(H2,19,23)(H,20,24). The minimum atomic E-state index is -4.46. The maximum Gasteiger partial charge on any atom is 0.405 e. The van der Waals surface area contributed by atoms with Crippen molar-refractivity contribution in [1.82, 2.24) is 15.1 Å². The third-order valence-corrected chi connectivity index (χ3v) is 3.13. The van der Waals surface area contributed by atoms with Crippen LogP contribution in [0.25, 0.3) is 11.1 Å². The Morgan fingerprint density at radius 3 is 2.67 bits per heavy atom. The molecule has 0 radical (unpaired) electrons. The first kappa shape index (κ1) is 17.5. The smallest absolute Gasteiger partial charge is 0.370 e. The highest BCUT2D eigenvalue weighted by Gasteiger charge is 2.27. The molecule has 2 rings (SSSR count). The molecule has 0 bridgehead atoms. The Balaban J connectivity index is 2.10. The number of halogens is 3. The number of primary amides is 1. The molecule has 0 aliphatic rings. The normalized spacial score (nSPS) is 11.3. The fourth-order valence-corrected chi connectivity index (χ4v) is 1.98. The van der Waals surface area contributed by atoms with Gasteiger partial charge in [-0.05, 0) is 17.7 Å². The van der Waals surface area contributed by atoms with Gasteiger partial charge in [0.1, 0.15) is 6.54 Å². The van der Waals surface area contributed by atoms with E-state index in [0.29, 0.717) is 17.7 Å². The van der Waals surface area contributed by atoms with E-state index >= 15 is 0 Å². The Bertz CT molecular complexity index is 740. The predicted octanol–water partition coefficient (Wildman–Crippen LogP) is 1.72. The van der Waals surface area contributed by atoms with E-state index in [1.54, 1.807) is 18.3 Å². The van der Waals surface area contributed by atoms with Crippen LogP contribution in [0.15, 0.2) is 36.7 Å². The number of carbonyl (C=O) groups excluding carboxylic acids is 2. The molecule has 128 valence electrons. The molecule has 2 amide bonds. The highest BCUT2D eigenvalue weighted by Crippen LogP contribution is 2.20. The summed E-state index contributed by atoms with van der Waals surface area (Å²) < 4.78 is 38.0. The van der Waals surface area contributed by atoms with Gasteiger partial charge in [-0.25, -0.2) is 0 Å². The van der Waals surface area contributed by atoms with Gasteiger partial charge >= 0.3 is 6.18 Å². The molecular weight excluding hydrogens is 325 g/mol. The average Bonchev–Trinajstić information content (AvgIpc) is 2.99. The zero-order chi connectivity index (χ0) is 17.7. The summed E-state index contributed by atoms with van der Waals surface area (Å²) in [5.74, 6) is -1.26. The van der Waals surface area contributed by atoms with Crippen LogP contribution in [0.1, 0.15) is 16.8 Å². The van der Waals surface area contributed by atoms with Gasteiger partial charge in [0.05, 0.1) is 6.20 Å². The van der Waals surface area contributed by atoms with Crippen LogP contribution < -0.4 is 11.1 Å². The van der Waals surface area contributed by atoms with Crippen molar-refractivity contribution in [1.29, 1.82) is 0 Å². The van der Waals surface area contributed by atoms with E-state index in [0.717, 1.165) is 0 Å². The van der Waals surface area contributed by atoms with Crippen molar-refractivity contribution in [3.05, 3.63) is 42.2 Å². The lowest BCUT2D eigenvalue weighted by Crippen LogP contribution is -2.33. The van der Waals surface area contributed by atoms with E-state index in [1.165, 1.54) is 23.0 Å². The molecule has 24 heavy (non-hydrogen) atoms. The molecular formula is C15H15F3N4O2. The molecule has 2 aromatic rings. The van der Waals surface area contributed by atoms with Gasteiger partial charge in [0, 0.05) is 30.3 Å². The highest BCUT2D eigenvalue weighted by atomic mass is 19.4. The Morgan fingerprint density at radius 2 is 2.00 bits per heavy atom. The molecule has 0 saturated heterocycles. The topological polar surface area (TPSA) is 90.0 Å². The van der Waals surface area contributed by atoms with Crippen LogP contribution in [0.3, 0.4) is 0 Å². The molecule has 0 unspecified atom stereocenters. The lowest BCUT2D eigenvalue weighted by Gasteiger charge is -2.09. The molecule has 1 heterocycles. The third-order valence-electron chi connectivity index (χ3n) is 3.13. The number of aryl methyl sites for hydroxylation is 1. The van der Waals surface area contributed by atoms with Gasteiger partial charge in [-0.1, -0.05) is 12.1 Å². The lowest BCUT2D eigenvalue weighted by atomic mass is 10.1. The largest absolute Gasteiger partial charge is 0.405 e. The number of hydrogen-bond donors (Lipinski definition) is 2. The van der Waals surface area contributed by atoms with Gasteiger partial charge in [-0.3, -0.25) is 14.3 Å². The minimum absolute atomic E-state index is 0.113. The van der Waals surface area contributed by atoms with Crippen molar-refractivity contribution in [2.24, 2.45) is 5.73 Å². The van der Waals surface area contributed by atoms with Crippen LogP contribution in [0.2, 0.25) is 0 Å². The van der Waals surface area contributed by atoms with Crippen molar-refractivity contribution in [2.45, 2.75) is 19.1 Å². The number of nitrogens with one attached hydrogen (secondary N) is 1. The van der Waals surface area contributed by atoms with Gasteiger partial charge in [0.2, 0.25) is 5.91 Å². The molecule has 9 heteroatoms. The Hall–Kier alpha value is -2.84. The maximum absolute atomic E-state index is 12.1. The number of alkyl halides is 3. The molecule has 0 spiro atoms. The molecule has 0 atom stereocenters. The molecule has 3 N–H and O–H groups in total. The average molecular weight is 340 g/mol. The SMILES string of the molecule is NC(=O)CCn1cc(-c2cccc(C(=O)NCC(F)(F)F)c2)cn1. The summed E-state index contributed by atoms with van der Waals surface area (Å²) in [5, 5.41) is 5.89. The predicted molar refractivity (Wildman–Crippen MR) is 79.9 cm³/mol. The number of carbonyl (C=O) groups is 2. The zero-order valence-corrected chi connectivity index (χ0v) is 12.5. The second-order valence-electron chi connectivity index (χ2n) is 5.09. The molecule has 1 aromatic heterocycles. The first-order valence-electron chi connectivity index (χ1n) is 7.01. The minimum Gasteiger partial charge on any atom is -0.370 e. The number of amides is 2. The Kier molecular flexibility index (Phi) is 5.22. The molecule has 0 fully saturated rings. The van der Waals surface area contributed by atoms with E-state index in [4.69, 9.17) is 5.73 Å². The summed E-state index contributed by atoms with van der Waals surface area (Å²) in [5.41, 5.74) is 6.47. The van der Waals surface area contributed by atoms with E-state index in [9.17, 15) is 22.8 Å². The third kappa shape index (κ3) is 5.11.